The van der Waals surface area contributed by atoms with Crippen molar-refractivity contribution in [3.05, 3.63) is 77.5 Å². The van der Waals surface area contributed by atoms with Crippen molar-refractivity contribution in [2.24, 2.45) is 0 Å². The van der Waals surface area contributed by atoms with Crippen molar-refractivity contribution in [1.29, 1.82) is 0 Å². The van der Waals surface area contributed by atoms with Crippen LogP contribution in [-0.2, 0) is 0 Å². The molecule has 2 aromatic heterocycles. The molecule has 0 amide bonds. The number of thioether (sulfide) groups is 1. The van der Waals surface area contributed by atoms with Crippen LogP contribution in [-0.4, -0.2) is 33.4 Å². The van der Waals surface area contributed by atoms with Gasteiger partial charge in [-0.1, -0.05) is 29.4 Å². The van der Waals surface area contributed by atoms with Crippen molar-refractivity contribution < 1.29 is 13.9 Å². The van der Waals surface area contributed by atoms with Crippen molar-refractivity contribution in [1.82, 2.24) is 14.8 Å². The zero-order valence-electron chi connectivity index (χ0n) is 15.4. The number of halogens is 1. The van der Waals surface area contributed by atoms with Gasteiger partial charge in [-0.25, -0.2) is 0 Å². The van der Waals surface area contributed by atoms with Crippen molar-refractivity contribution >= 4 is 29.1 Å². The van der Waals surface area contributed by atoms with E-state index in [-0.39, 0.29) is 11.5 Å². The van der Waals surface area contributed by atoms with E-state index in [9.17, 15) is 4.79 Å². The van der Waals surface area contributed by atoms with Gasteiger partial charge in [0, 0.05) is 10.6 Å². The molecule has 2 aromatic carbocycles. The molecule has 0 spiro atoms. The molecule has 4 rings (SSSR count). The van der Waals surface area contributed by atoms with Crippen molar-refractivity contribution in [2.75, 3.05) is 12.9 Å². The number of aromatic nitrogens is 3. The lowest BCUT2D eigenvalue weighted by molar-refractivity contribution is 0.102. The average Bonchev–Trinajstić information content (AvgIpc) is 3.41. The standard InChI is InChI=1S/C21H16ClN3O3S/c1-27-17-9-7-14(8-10-17)18(26)13-29-21-24-23-20(19-6-3-11-28-19)25(21)16-5-2-4-15(22)12-16/h2-12H,13H2,1H3. The maximum atomic E-state index is 12.6. The number of rotatable bonds is 7. The number of ether oxygens (including phenoxy) is 1. The monoisotopic (exact) mass is 425 g/mol. The molecule has 0 aliphatic heterocycles. The Kier molecular flexibility index (Phi) is 5.69. The average molecular weight is 426 g/mol. The Labute approximate surface area is 176 Å². The Morgan fingerprint density at radius 2 is 1.97 bits per heavy atom. The Morgan fingerprint density at radius 3 is 2.66 bits per heavy atom. The fourth-order valence-corrected chi connectivity index (χ4v) is 3.80. The van der Waals surface area contributed by atoms with Crippen LogP contribution in [0, 0.1) is 0 Å². The molecular weight excluding hydrogens is 410 g/mol. The topological polar surface area (TPSA) is 70.2 Å². The SMILES string of the molecule is COc1ccc(C(=O)CSc2nnc(-c3ccco3)n2-c2cccc(Cl)c2)cc1. The van der Waals surface area contributed by atoms with Gasteiger partial charge in [-0.05, 0) is 54.6 Å². The van der Waals surface area contributed by atoms with Gasteiger partial charge in [-0.15, -0.1) is 10.2 Å². The molecule has 0 aliphatic rings. The van der Waals surface area contributed by atoms with Crippen LogP contribution in [0.1, 0.15) is 10.4 Å². The normalized spacial score (nSPS) is 10.8. The fourth-order valence-electron chi connectivity index (χ4n) is 2.77. The molecular formula is C21H16ClN3O3S. The van der Waals surface area contributed by atoms with Gasteiger partial charge in [0.05, 0.1) is 24.8 Å². The number of carbonyl (C=O) groups excluding carboxylic acids is 1. The lowest BCUT2D eigenvalue weighted by Gasteiger charge is -2.09. The van der Waals surface area contributed by atoms with E-state index >= 15 is 0 Å². The molecule has 0 atom stereocenters. The van der Waals surface area contributed by atoms with Crippen molar-refractivity contribution in [3.8, 4) is 23.0 Å². The highest BCUT2D eigenvalue weighted by Gasteiger charge is 2.19. The van der Waals surface area contributed by atoms with E-state index in [1.54, 1.807) is 49.8 Å². The Hall–Kier alpha value is -3.03. The van der Waals surface area contributed by atoms with Gasteiger partial charge in [-0.2, -0.15) is 0 Å². The summed E-state index contributed by atoms with van der Waals surface area (Å²) in [6.07, 6.45) is 1.58. The Balaban J connectivity index is 1.62. The van der Waals surface area contributed by atoms with Gasteiger partial charge in [0.15, 0.2) is 16.7 Å². The quantitative estimate of drug-likeness (QED) is 0.300. The van der Waals surface area contributed by atoms with Crippen LogP contribution in [0.3, 0.4) is 0 Å². The van der Waals surface area contributed by atoms with Crippen LogP contribution in [0.25, 0.3) is 17.3 Å². The second-order valence-corrected chi connectivity index (χ2v) is 7.42. The van der Waals surface area contributed by atoms with E-state index in [1.807, 2.05) is 28.8 Å². The summed E-state index contributed by atoms with van der Waals surface area (Å²) >= 11 is 7.48. The second kappa shape index (κ2) is 8.55. The summed E-state index contributed by atoms with van der Waals surface area (Å²) in [6.45, 7) is 0. The number of benzene rings is 2. The molecule has 0 bridgehead atoms. The number of nitrogens with zero attached hydrogens (tertiary/aromatic N) is 3. The van der Waals surface area contributed by atoms with Crippen molar-refractivity contribution in [2.45, 2.75) is 5.16 Å². The number of hydrogen-bond acceptors (Lipinski definition) is 6. The zero-order chi connectivity index (χ0) is 20.2. The predicted octanol–water partition coefficient (Wildman–Crippen LogP) is 5.16. The minimum Gasteiger partial charge on any atom is -0.497 e. The third-order valence-electron chi connectivity index (χ3n) is 4.19. The largest absolute Gasteiger partial charge is 0.497 e. The molecule has 29 heavy (non-hydrogen) atoms. The van der Waals surface area contributed by atoms with E-state index in [2.05, 4.69) is 10.2 Å². The highest BCUT2D eigenvalue weighted by molar-refractivity contribution is 7.99. The van der Waals surface area contributed by atoms with Crippen LogP contribution < -0.4 is 4.74 Å². The number of ketones is 1. The number of Topliss-reactive ketones (excluding diaryl/α,β-unsaturated/α-hetero) is 1. The molecule has 0 saturated carbocycles. The molecule has 146 valence electrons. The maximum Gasteiger partial charge on any atom is 0.205 e. The molecule has 8 heteroatoms. The fraction of sp³-hybridized carbons (Fsp3) is 0.0952. The third-order valence-corrected chi connectivity index (χ3v) is 5.35. The van der Waals surface area contributed by atoms with Crippen LogP contribution in [0.2, 0.25) is 5.02 Å². The molecule has 4 aromatic rings. The molecule has 6 nitrogen and oxygen atoms in total. The van der Waals surface area contributed by atoms with Gasteiger partial charge in [0.1, 0.15) is 5.75 Å². The van der Waals surface area contributed by atoms with Crippen LogP contribution >= 0.6 is 23.4 Å². The van der Waals surface area contributed by atoms with E-state index in [4.69, 9.17) is 20.8 Å². The number of furan rings is 1. The van der Waals surface area contributed by atoms with Crippen LogP contribution in [0.5, 0.6) is 5.75 Å². The molecule has 0 N–H and O–H groups in total. The molecule has 0 unspecified atom stereocenters. The van der Waals surface area contributed by atoms with Gasteiger partial charge in [0.25, 0.3) is 0 Å². The summed E-state index contributed by atoms with van der Waals surface area (Å²) < 4.78 is 12.5. The van der Waals surface area contributed by atoms with Gasteiger partial charge in [0.2, 0.25) is 5.82 Å². The summed E-state index contributed by atoms with van der Waals surface area (Å²) in [6, 6.07) is 18.0. The van der Waals surface area contributed by atoms with E-state index in [1.165, 1.54) is 11.8 Å². The first kappa shape index (κ1) is 19.3. The Bertz CT molecular complexity index is 1120. The van der Waals surface area contributed by atoms with E-state index in [0.717, 1.165) is 5.69 Å². The molecule has 0 radical (unpaired) electrons. The summed E-state index contributed by atoms with van der Waals surface area (Å²) in [7, 11) is 1.59. The summed E-state index contributed by atoms with van der Waals surface area (Å²) in [4.78, 5) is 12.6. The minimum atomic E-state index is -0.0159. The van der Waals surface area contributed by atoms with E-state index in [0.29, 0.717) is 33.1 Å². The van der Waals surface area contributed by atoms with Crippen LogP contribution in [0.15, 0.2) is 76.5 Å². The first-order valence-electron chi connectivity index (χ1n) is 8.71. The number of carbonyl (C=O) groups is 1. The predicted molar refractivity (Wildman–Crippen MR) is 112 cm³/mol. The summed E-state index contributed by atoms with van der Waals surface area (Å²) in [5.74, 6) is 2.02. The summed E-state index contributed by atoms with van der Waals surface area (Å²) in [5.41, 5.74) is 1.40. The van der Waals surface area contributed by atoms with E-state index < -0.39 is 0 Å². The van der Waals surface area contributed by atoms with Gasteiger partial charge < -0.3 is 9.15 Å². The molecule has 0 fully saturated rings. The Morgan fingerprint density at radius 1 is 1.14 bits per heavy atom. The highest BCUT2D eigenvalue weighted by atomic mass is 35.5. The van der Waals surface area contributed by atoms with Gasteiger partial charge >= 0.3 is 0 Å². The molecule has 0 aliphatic carbocycles. The third kappa shape index (κ3) is 4.21. The second-order valence-electron chi connectivity index (χ2n) is 6.04. The highest BCUT2D eigenvalue weighted by Crippen LogP contribution is 2.29. The zero-order valence-corrected chi connectivity index (χ0v) is 17.0. The van der Waals surface area contributed by atoms with Crippen LogP contribution in [0.4, 0.5) is 0 Å². The maximum absolute atomic E-state index is 12.6. The lowest BCUT2D eigenvalue weighted by Crippen LogP contribution is -2.05. The number of methoxy groups -OCH3 is 1. The van der Waals surface area contributed by atoms with Crippen molar-refractivity contribution in [3.63, 3.8) is 0 Å². The first-order chi connectivity index (χ1) is 14.2. The number of hydrogen-bond donors (Lipinski definition) is 0. The smallest absolute Gasteiger partial charge is 0.205 e. The first-order valence-corrected chi connectivity index (χ1v) is 10.1. The molecule has 2 heterocycles. The lowest BCUT2D eigenvalue weighted by atomic mass is 10.1. The molecule has 0 saturated heterocycles. The minimum absolute atomic E-state index is 0.0159. The van der Waals surface area contributed by atoms with Gasteiger partial charge in [-0.3, -0.25) is 9.36 Å². The summed E-state index contributed by atoms with van der Waals surface area (Å²) in [5, 5.41) is 9.70.